The molecule has 2 heterocycles. The second-order valence-electron chi connectivity index (χ2n) is 5.73. The first-order valence-electron chi connectivity index (χ1n) is 7.65. The predicted molar refractivity (Wildman–Crippen MR) is 91.2 cm³/mol. The lowest BCUT2D eigenvalue weighted by Crippen LogP contribution is -2.13. The van der Waals surface area contributed by atoms with E-state index in [1.165, 1.54) is 6.33 Å². The third-order valence-corrected chi connectivity index (χ3v) is 5.09. The van der Waals surface area contributed by atoms with Crippen LogP contribution in [0.5, 0.6) is 0 Å². The summed E-state index contributed by atoms with van der Waals surface area (Å²) in [4.78, 5) is 12.2. The van der Waals surface area contributed by atoms with Gasteiger partial charge in [0.05, 0.1) is 25.1 Å². The van der Waals surface area contributed by atoms with E-state index in [2.05, 4.69) is 15.0 Å². The van der Waals surface area contributed by atoms with E-state index in [0.717, 1.165) is 0 Å². The number of halogens is 1. The fourth-order valence-electron chi connectivity index (χ4n) is 2.08. The molecule has 0 atom stereocenters. The summed E-state index contributed by atoms with van der Waals surface area (Å²) in [6.45, 7) is 8.00. The van der Waals surface area contributed by atoms with Gasteiger partial charge in [0.1, 0.15) is 18.2 Å². The third-order valence-electron chi connectivity index (χ3n) is 2.83. The molecule has 10 heteroatoms. The van der Waals surface area contributed by atoms with Crippen molar-refractivity contribution in [2.24, 2.45) is 0 Å². The van der Waals surface area contributed by atoms with Gasteiger partial charge in [-0.15, -0.1) is 0 Å². The van der Waals surface area contributed by atoms with Gasteiger partial charge in [-0.3, -0.25) is 4.57 Å². The molecule has 0 aliphatic heterocycles. The van der Waals surface area contributed by atoms with Crippen molar-refractivity contribution in [2.75, 3.05) is 13.0 Å². The Morgan fingerprint density at radius 1 is 1.17 bits per heavy atom. The van der Waals surface area contributed by atoms with Gasteiger partial charge in [-0.1, -0.05) is 11.6 Å². The van der Waals surface area contributed by atoms with Crippen molar-refractivity contribution < 1.29 is 18.3 Å². The maximum Gasteiger partial charge on any atom is 0.356 e. The minimum Gasteiger partial charge on any atom is -0.367 e. The van der Waals surface area contributed by atoms with Crippen LogP contribution in [0.3, 0.4) is 0 Å². The van der Waals surface area contributed by atoms with Crippen LogP contribution in [0.2, 0.25) is 5.15 Å². The lowest BCUT2D eigenvalue weighted by molar-refractivity contribution is 0.0961. The van der Waals surface area contributed by atoms with Gasteiger partial charge >= 0.3 is 7.60 Å². The minimum absolute atomic E-state index is 0.105. The van der Waals surface area contributed by atoms with Crippen LogP contribution in [-0.4, -0.2) is 44.7 Å². The van der Waals surface area contributed by atoms with Crippen LogP contribution >= 0.6 is 19.2 Å². The van der Waals surface area contributed by atoms with E-state index in [1.807, 2.05) is 0 Å². The Morgan fingerprint density at radius 3 is 2.46 bits per heavy atom. The molecule has 24 heavy (non-hydrogen) atoms. The van der Waals surface area contributed by atoms with Crippen molar-refractivity contribution >= 4 is 30.4 Å². The van der Waals surface area contributed by atoms with Gasteiger partial charge < -0.3 is 18.4 Å². The van der Waals surface area contributed by atoms with Crippen LogP contribution in [0.4, 0.5) is 0 Å². The zero-order valence-electron chi connectivity index (χ0n) is 14.2. The third kappa shape index (κ3) is 5.22. The Morgan fingerprint density at radius 2 is 1.83 bits per heavy atom. The van der Waals surface area contributed by atoms with Crippen molar-refractivity contribution in [1.82, 2.24) is 19.5 Å². The lowest BCUT2D eigenvalue weighted by Gasteiger charge is -2.22. The summed E-state index contributed by atoms with van der Waals surface area (Å²) in [5.41, 5.74) is 1.16. The van der Waals surface area contributed by atoms with Gasteiger partial charge in [-0.05, 0) is 27.7 Å². The molecule has 0 aromatic carbocycles. The largest absolute Gasteiger partial charge is 0.367 e. The molecule has 134 valence electrons. The van der Waals surface area contributed by atoms with E-state index >= 15 is 0 Å². The number of ether oxygens (including phenoxy) is 1. The monoisotopic (exact) mass is 376 g/mol. The normalized spacial score (nSPS) is 12.6. The van der Waals surface area contributed by atoms with Crippen LogP contribution in [0, 0.1) is 0 Å². The van der Waals surface area contributed by atoms with Crippen LogP contribution in [0.25, 0.3) is 11.2 Å². The van der Waals surface area contributed by atoms with E-state index in [-0.39, 0.29) is 18.6 Å². The fraction of sp³-hybridized carbons (Fsp3) is 0.643. The summed E-state index contributed by atoms with van der Waals surface area (Å²) < 4.78 is 30.8. The van der Waals surface area contributed by atoms with E-state index in [0.29, 0.717) is 29.5 Å². The highest BCUT2D eigenvalue weighted by Gasteiger charge is 2.28. The Bertz CT molecular complexity index is 708. The van der Waals surface area contributed by atoms with Gasteiger partial charge in [0, 0.05) is 6.54 Å². The van der Waals surface area contributed by atoms with Crippen molar-refractivity contribution in [3.8, 4) is 0 Å². The molecule has 8 nitrogen and oxygen atoms in total. The topological polar surface area (TPSA) is 88.4 Å². The number of rotatable bonds is 9. The quantitative estimate of drug-likeness (QED) is 0.376. The molecule has 0 fully saturated rings. The minimum atomic E-state index is -3.29. The number of hydrogen-bond donors (Lipinski definition) is 0. The Labute approximate surface area is 146 Å². The molecular formula is C14H22ClN4O4P. The van der Waals surface area contributed by atoms with Gasteiger partial charge in [-0.2, -0.15) is 0 Å². The summed E-state index contributed by atoms with van der Waals surface area (Å²) in [6, 6.07) is 0. The van der Waals surface area contributed by atoms with Gasteiger partial charge in [0.15, 0.2) is 10.8 Å². The summed E-state index contributed by atoms with van der Waals surface area (Å²) in [7, 11) is -3.29. The molecule has 0 saturated heterocycles. The van der Waals surface area contributed by atoms with E-state index in [4.69, 9.17) is 25.4 Å². The summed E-state index contributed by atoms with van der Waals surface area (Å²) >= 11 is 5.96. The molecule has 2 rings (SSSR count). The first-order valence-corrected chi connectivity index (χ1v) is 9.76. The number of fused-ring (bicyclic) bond motifs is 1. The van der Waals surface area contributed by atoms with Gasteiger partial charge in [-0.25, -0.2) is 15.0 Å². The molecule has 0 spiro atoms. The second-order valence-corrected chi connectivity index (χ2v) is 7.99. The number of aromatic nitrogens is 4. The van der Waals surface area contributed by atoms with Crippen LogP contribution in [0.1, 0.15) is 27.7 Å². The van der Waals surface area contributed by atoms with Gasteiger partial charge in [0.25, 0.3) is 0 Å². The van der Waals surface area contributed by atoms with Crippen LogP contribution < -0.4 is 0 Å². The van der Waals surface area contributed by atoms with Crippen molar-refractivity contribution in [2.45, 2.75) is 46.4 Å². The average Bonchev–Trinajstić information content (AvgIpc) is 2.86. The molecule has 0 N–H and O–H groups in total. The highest BCUT2D eigenvalue weighted by atomic mass is 35.5. The Balaban J connectivity index is 1.92. The lowest BCUT2D eigenvalue weighted by atomic mass is 10.5. The number of nitrogens with zero attached hydrogens (tertiary/aromatic N) is 4. The zero-order valence-corrected chi connectivity index (χ0v) is 15.8. The molecule has 0 bridgehead atoms. The highest BCUT2D eigenvalue weighted by molar-refractivity contribution is 7.53. The zero-order chi connectivity index (χ0) is 17.7. The van der Waals surface area contributed by atoms with E-state index in [1.54, 1.807) is 38.6 Å². The summed E-state index contributed by atoms with van der Waals surface area (Å²) in [5, 5.41) is 0.305. The number of imidazole rings is 1. The van der Waals surface area contributed by atoms with Crippen LogP contribution in [-0.2, 0) is 24.9 Å². The summed E-state index contributed by atoms with van der Waals surface area (Å²) in [6.07, 6.45) is 2.46. The van der Waals surface area contributed by atoms with Crippen molar-refractivity contribution in [3.05, 3.63) is 17.8 Å². The molecular weight excluding hydrogens is 355 g/mol. The predicted octanol–water partition coefficient (Wildman–Crippen LogP) is 3.50. The molecule has 0 amide bonds. The SMILES string of the molecule is CC(C)OP(=O)(COCCn1cnc2c(Cl)ncnc21)OC(C)C. The first kappa shape index (κ1) is 19.3. The van der Waals surface area contributed by atoms with Crippen molar-refractivity contribution in [3.63, 3.8) is 0 Å². The van der Waals surface area contributed by atoms with Crippen LogP contribution in [0.15, 0.2) is 12.7 Å². The highest BCUT2D eigenvalue weighted by Crippen LogP contribution is 2.50. The van der Waals surface area contributed by atoms with Crippen molar-refractivity contribution in [1.29, 1.82) is 0 Å². The molecule has 0 radical (unpaired) electrons. The Hall–Kier alpha value is -1.05. The summed E-state index contributed by atoms with van der Waals surface area (Å²) in [5.74, 6) is 0. The average molecular weight is 377 g/mol. The standard InChI is InChI=1S/C14H22ClN4O4P/c1-10(2)22-24(20,23-11(3)4)9-21-6-5-19-8-18-12-13(15)16-7-17-14(12)19/h7-8,10-11H,5-6,9H2,1-4H3. The molecule has 0 aliphatic rings. The Kier molecular flexibility index (Phi) is 6.71. The first-order chi connectivity index (χ1) is 11.3. The molecule has 0 unspecified atom stereocenters. The maximum absolute atomic E-state index is 12.6. The smallest absolute Gasteiger partial charge is 0.356 e. The number of hydrogen-bond acceptors (Lipinski definition) is 7. The molecule has 0 aliphatic carbocycles. The maximum atomic E-state index is 12.6. The fourth-order valence-corrected chi connectivity index (χ4v) is 4.07. The van der Waals surface area contributed by atoms with Gasteiger partial charge in [0.2, 0.25) is 0 Å². The molecule has 0 saturated carbocycles. The molecule has 2 aromatic heterocycles. The second kappa shape index (κ2) is 8.36. The van der Waals surface area contributed by atoms with E-state index in [9.17, 15) is 4.57 Å². The molecule has 2 aromatic rings. The van der Waals surface area contributed by atoms with E-state index < -0.39 is 7.60 Å².